The molecule has 0 spiro atoms. The van der Waals surface area contributed by atoms with Gasteiger partial charge >= 0.3 is 6.18 Å². The molecule has 0 aromatic heterocycles. The second-order valence-electron chi connectivity index (χ2n) is 11.3. The molecule has 0 amide bonds. The van der Waals surface area contributed by atoms with Gasteiger partial charge in [-0.3, -0.25) is 4.99 Å². The molecule has 0 aliphatic carbocycles. The molecular formula is C38H51ClF4NOU-. The SMILES string of the molecule is C=C(/C=C\N=C(C)CCC)C(F)(F)F.[CH2-]CCOCc1ccc(C(C)/C(C)=C(\CCCC)c2cc(Cl)c(F)cc2CCC)cc1.[U]. The van der Waals surface area contributed by atoms with Crippen LogP contribution in [0.1, 0.15) is 115 Å². The number of halogens is 5. The quantitative estimate of drug-likeness (QED) is 0.0541. The Balaban J connectivity index is 0.00000114. The average Bonchev–Trinajstić information content (AvgIpc) is 2.99. The number of ether oxygens (including phenoxy) is 1. The molecule has 254 valence electrons. The molecule has 2 aromatic carbocycles. The van der Waals surface area contributed by atoms with Crippen LogP contribution >= 0.6 is 11.6 Å². The van der Waals surface area contributed by atoms with Crippen LogP contribution in [0.3, 0.4) is 0 Å². The number of rotatable bonds is 16. The molecule has 0 N–H and O–H groups in total. The third-order valence-electron chi connectivity index (χ3n) is 7.48. The normalized spacial score (nSPS) is 13.1. The molecule has 0 saturated heterocycles. The first kappa shape index (κ1) is 44.4. The molecule has 0 saturated carbocycles. The molecule has 2 aromatic rings. The summed E-state index contributed by atoms with van der Waals surface area (Å²) in [6, 6.07) is 12.1. The van der Waals surface area contributed by atoms with Gasteiger partial charge in [-0.15, -0.1) is 0 Å². The Hall–Kier alpha value is -1.65. The van der Waals surface area contributed by atoms with Crippen molar-refractivity contribution in [3.05, 3.63) is 106 Å². The summed E-state index contributed by atoms with van der Waals surface area (Å²) in [5, 5.41) is 0.205. The number of hydrogen-bond acceptors (Lipinski definition) is 2. The van der Waals surface area contributed by atoms with Crippen LogP contribution in [0.4, 0.5) is 17.6 Å². The second-order valence-corrected chi connectivity index (χ2v) is 11.7. The molecule has 0 aliphatic heterocycles. The van der Waals surface area contributed by atoms with E-state index in [4.69, 9.17) is 16.3 Å². The van der Waals surface area contributed by atoms with Crippen molar-refractivity contribution in [2.24, 2.45) is 4.99 Å². The van der Waals surface area contributed by atoms with Crippen molar-refractivity contribution in [2.75, 3.05) is 6.61 Å². The Morgan fingerprint density at radius 2 is 1.70 bits per heavy atom. The summed E-state index contributed by atoms with van der Waals surface area (Å²) < 4.78 is 55.6. The standard InChI is InChI=1S/C28H37ClFO.C10H14F3N.U/c1-6-9-11-25(26-18-27(29)28(30)17-24(26)10-7-2)21(5)20(4)23-14-12-22(13-15-23)19-31-16-8-3;1-4-5-9(3)14-7-6-8(2)10(11,12)13;/h12-15,17-18,20H,3,6-11,16,19H2,1-2,4-5H3;6-7H,2,4-5H2,1,3H3;/q-1;;/b25-21+;7-6-,14-9?;. The van der Waals surface area contributed by atoms with Crippen LogP contribution < -0.4 is 0 Å². The van der Waals surface area contributed by atoms with Crippen LogP contribution in [0.15, 0.2) is 71.4 Å². The minimum Gasteiger partial charge on any atom is -0.379 e. The van der Waals surface area contributed by atoms with Crippen molar-refractivity contribution < 1.29 is 53.4 Å². The Morgan fingerprint density at radius 3 is 2.24 bits per heavy atom. The Bertz CT molecular complexity index is 1280. The van der Waals surface area contributed by atoms with Crippen LogP contribution in [-0.4, -0.2) is 18.5 Å². The van der Waals surface area contributed by atoms with Gasteiger partial charge in [0.1, 0.15) is 5.82 Å². The van der Waals surface area contributed by atoms with E-state index in [-0.39, 0.29) is 47.9 Å². The fourth-order valence-corrected chi connectivity index (χ4v) is 4.89. The van der Waals surface area contributed by atoms with Gasteiger partial charge in [-0.05, 0) is 85.6 Å². The third kappa shape index (κ3) is 16.0. The maximum atomic E-state index is 14.2. The maximum Gasteiger partial charge on any atom is 0.415 e. The molecule has 2 rings (SSSR count). The van der Waals surface area contributed by atoms with Gasteiger partial charge in [0, 0.05) is 61.1 Å². The van der Waals surface area contributed by atoms with Gasteiger partial charge in [0.05, 0.1) is 11.6 Å². The molecule has 0 heterocycles. The summed E-state index contributed by atoms with van der Waals surface area (Å²) in [7, 11) is 0. The first-order valence-corrected chi connectivity index (χ1v) is 16.3. The zero-order valence-corrected chi connectivity index (χ0v) is 33.3. The van der Waals surface area contributed by atoms with E-state index in [0.29, 0.717) is 13.2 Å². The van der Waals surface area contributed by atoms with E-state index in [2.05, 4.69) is 70.5 Å². The molecule has 8 heteroatoms. The number of nitrogens with zero attached hydrogens (tertiary/aromatic N) is 1. The van der Waals surface area contributed by atoms with Crippen molar-refractivity contribution >= 4 is 22.9 Å². The Morgan fingerprint density at radius 1 is 1.04 bits per heavy atom. The fraction of sp³-hybridized carbons (Fsp3) is 0.474. The fourth-order valence-electron chi connectivity index (χ4n) is 4.72. The number of benzene rings is 2. The zero-order valence-electron chi connectivity index (χ0n) is 28.4. The van der Waals surface area contributed by atoms with Crippen molar-refractivity contribution in [3.63, 3.8) is 0 Å². The van der Waals surface area contributed by atoms with Crippen LogP contribution in [0.2, 0.25) is 5.02 Å². The van der Waals surface area contributed by atoms with Crippen LogP contribution in [0.25, 0.3) is 5.57 Å². The summed E-state index contributed by atoms with van der Waals surface area (Å²) in [5.74, 6) is -0.0638. The predicted molar refractivity (Wildman–Crippen MR) is 184 cm³/mol. The average molecular weight is 887 g/mol. The smallest absolute Gasteiger partial charge is 0.379 e. The topological polar surface area (TPSA) is 21.6 Å². The van der Waals surface area contributed by atoms with Crippen LogP contribution in [0.5, 0.6) is 0 Å². The summed E-state index contributed by atoms with van der Waals surface area (Å²) in [6.45, 7) is 20.6. The van der Waals surface area contributed by atoms with Gasteiger partial charge in [0.25, 0.3) is 0 Å². The van der Waals surface area contributed by atoms with E-state index in [9.17, 15) is 17.6 Å². The number of alkyl halides is 3. The summed E-state index contributed by atoms with van der Waals surface area (Å²) in [4.78, 5) is 3.84. The Kier molecular flexibility index (Phi) is 22.8. The molecule has 0 radical (unpaired) electrons. The maximum absolute atomic E-state index is 14.2. The number of unbranched alkanes of at least 4 members (excludes halogenated alkanes) is 1. The number of aliphatic imine (C=N–C) groups is 1. The largest absolute Gasteiger partial charge is 0.415 e. The van der Waals surface area contributed by atoms with E-state index in [1.165, 1.54) is 22.3 Å². The van der Waals surface area contributed by atoms with Crippen molar-refractivity contribution in [2.45, 2.75) is 112 Å². The van der Waals surface area contributed by atoms with Gasteiger partial charge in [0.15, 0.2) is 0 Å². The molecule has 1 atom stereocenters. The molecule has 46 heavy (non-hydrogen) atoms. The van der Waals surface area contributed by atoms with Crippen molar-refractivity contribution in [1.82, 2.24) is 0 Å². The first-order valence-electron chi connectivity index (χ1n) is 15.9. The summed E-state index contributed by atoms with van der Waals surface area (Å²) >= 11 is 6.22. The van der Waals surface area contributed by atoms with Gasteiger partial charge < -0.3 is 11.7 Å². The Labute approximate surface area is 304 Å². The van der Waals surface area contributed by atoms with Crippen LogP contribution in [-0.2, 0) is 17.8 Å². The molecule has 1 unspecified atom stereocenters. The number of aryl methyl sites for hydroxylation is 1. The van der Waals surface area contributed by atoms with E-state index in [1.54, 1.807) is 13.0 Å². The van der Waals surface area contributed by atoms with E-state index in [0.717, 1.165) is 80.5 Å². The first-order chi connectivity index (χ1) is 21.3. The van der Waals surface area contributed by atoms with Gasteiger partial charge in [-0.1, -0.05) is 95.0 Å². The molecule has 0 aliphatic rings. The molecule has 0 bridgehead atoms. The van der Waals surface area contributed by atoms with E-state index >= 15 is 0 Å². The summed E-state index contributed by atoms with van der Waals surface area (Å²) in [6.07, 6.45) is 5.18. The number of hydrogen-bond donors (Lipinski definition) is 0. The van der Waals surface area contributed by atoms with Crippen molar-refractivity contribution in [3.8, 4) is 0 Å². The number of allylic oxidation sites excluding steroid dienone is 4. The van der Waals surface area contributed by atoms with E-state index < -0.39 is 11.7 Å². The minimum atomic E-state index is -4.36. The third-order valence-corrected chi connectivity index (χ3v) is 7.77. The zero-order chi connectivity index (χ0) is 34.0. The van der Waals surface area contributed by atoms with E-state index in [1.807, 2.05) is 13.0 Å². The van der Waals surface area contributed by atoms with Gasteiger partial charge in [-0.25, -0.2) is 4.39 Å². The molecular weight excluding hydrogens is 836 g/mol. The second kappa shape index (κ2) is 23.6. The monoisotopic (exact) mass is 886 g/mol. The minimum absolute atomic E-state index is 0. The predicted octanol–water partition coefficient (Wildman–Crippen LogP) is 12.8. The van der Waals surface area contributed by atoms with Gasteiger partial charge in [-0.2, -0.15) is 19.6 Å². The van der Waals surface area contributed by atoms with Gasteiger partial charge in [0.2, 0.25) is 0 Å². The molecule has 0 fully saturated rings. The molecule has 2 nitrogen and oxygen atoms in total. The van der Waals surface area contributed by atoms with Crippen LogP contribution in [0, 0.1) is 43.9 Å². The summed E-state index contributed by atoms with van der Waals surface area (Å²) in [5.41, 5.74) is 7.19. The van der Waals surface area contributed by atoms with Crippen molar-refractivity contribution in [1.29, 1.82) is 0 Å².